The van der Waals surface area contributed by atoms with E-state index in [9.17, 15) is 18.0 Å². The Hall–Kier alpha value is -1.91. The number of amides is 1. The minimum absolute atomic E-state index is 0.0311. The third-order valence-corrected chi connectivity index (χ3v) is 3.36. The van der Waals surface area contributed by atoms with Crippen LogP contribution in [0.1, 0.15) is 10.5 Å². The highest BCUT2D eigenvalue weighted by Gasteiger charge is 2.23. The smallest absolute Gasteiger partial charge is 0.328 e. The number of hydrogen-bond acceptors (Lipinski definition) is 5. The van der Waals surface area contributed by atoms with Crippen molar-refractivity contribution in [2.75, 3.05) is 13.7 Å². The molecule has 0 aliphatic heterocycles. The molecule has 0 aliphatic rings. The van der Waals surface area contributed by atoms with Crippen molar-refractivity contribution in [3.8, 4) is 0 Å². The molecule has 0 spiro atoms. The molecule has 0 aliphatic carbocycles. The molecular weight excluding hydrogens is 290 g/mol. The van der Waals surface area contributed by atoms with Crippen LogP contribution in [0, 0.1) is 0 Å². The van der Waals surface area contributed by atoms with Gasteiger partial charge in [-0.3, -0.25) is 4.79 Å². The minimum atomic E-state index is -3.93. The van der Waals surface area contributed by atoms with Crippen molar-refractivity contribution < 1.29 is 27.9 Å². The lowest BCUT2D eigenvalue weighted by Crippen LogP contribution is -2.44. The fourth-order valence-electron chi connectivity index (χ4n) is 1.49. The summed E-state index contributed by atoms with van der Waals surface area (Å²) in [5.41, 5.74) is -0.0311. The van der Waals surface area contributed by atoms with Gasteiger partial charge in [-0.25, -0.2) is 18.4 Å². The summed E-state index contributed by atoms with van der Waals surface area (Å²) in [6.45, 7) is -0.215. The van der Waals surface area contributed by atoms with Crippen molar-refractivity contribution in [1.82, 2.24) is 9.88 Å². The normalized spacial score (nSPS) is 12.9. The van der Waals surface area contributed by atoms with Crippen molar-refractivity contribution in [1.29, 1.82) is 0 Å². The topological polar surface area (TPSA) is 141 Å². The van der Waals surface area contributed by atoms with E-state index >= 15 is 0 Å². The second kappa shape index (κ2) is 6.03. The predicted molar refractivity (Wildman–Crippen MR) is 67.6 cm³/mol. The van der Waals surface area contributed by atoms with Gasteiger partial charge in [0.05, 0.1) is 6.61 Å². The third-order valence-electron chi connectivity index (χ3n) is 2.48. The number of nitrogens with zero attached hydrogens (tertiary/aromatic N) is 1. The number of ether oxygens (including phenoxy) is 1. The van der Waals surface area contributed by atoms with Crippen LogP contribution in [0.2, 0.25) is 0 Å². The van der Waals surface area contributed by atoms with E-state index in [0.29, 0.717) is 0 Å². The number of carboxylic acids is 1. The van der Waals surface area contributed by atoms with Gasteiger partial charge in [0.1, 0.15) is 10.6 Å². The maximum absolute atomic E-state index is 11.9. The molecule has 0 saturated heterocycles. The summed E-state index contributed by atoms with van der Waals surface area (Å²) in [7, 11) is -1.20. The summed E-state index contributed by atoms with van der Waals surface area (Å²) < 4.78 is 28.3. The van der Waals surface area contributed by atoms with Gasteiger partial charge in [-0.05, 0) is 6.07 Å². The van der Waals surface area contributed by atoms with Crippen LogP contribution < -0.4 is 10.5 Å². The SMILES string of the molecule is COCC(NC(=O)c1cc(S(N)(=O)=O)cn1C)C(=O)O. The molecule has 1 amide bonds. The van der Waals surface area contributed by atoms with E-state index in [1.807, 2.05) is 0 Å². The van der Waals surface area contributed by atoms with Crippen LogP contribution >= 0.6 is 0 Å². The number of carbonyl (C=O) groups is 2. The van der Waals surface area contributed by atoms with E-state index in [1.54, 1.807) is 0 Å². The van der Waals surface area contributed by atoms with E-state index in [-0.39, 0.29) is 17.2 Å². The lowest BCUT2D eigenvalue weighted by atomic mass is 10.3. The summed E-state index contributed by atoms with van der Waals surface area (Å²) in [6.07, 6.45) is 1.16. The first-order valence-corrected chi connectivity index (χ1v) is 6.93. The summed E-state index contributed by atoms with van der Waals surface area (Å²) >= 11 is 0. The lowest BCUT2D eigenvalue weighted by molar-refractivity contribution is -0.140. The molecule has 0 radical (unpaired) electrons. The summed E-state index contributed by atoms with van der Waals surface area (Å²) in [6, 6.07) is -0.170. The standard InChI is InChI=1S/C10H15N3O6S/c1-13-4-6(20(11,17)18)3-8(13)9(14)12-7(5-19-2)10(15)16/h3-4,7H,5H2,1-2H3,(H,12,14)(H,15,16)(H2,11,17,18). The number of aryl methyl sites for hydroxylation is 1. The third kappa shape index (κ3) is 3.79. The van der Waals surface area contributed by atoms with Crippen molar-refractivity contribution in [2.24, 2.45) is 12.2 Å². The number of nitrogens with one attached hydrogen (secondary N) is 1. The van der Waals surface area contributed by atoms with Gasteiger partial charge in [0, 0.05) is 20.4 Å². The molecular formula is C10H15N3O6S. The molecule has 0 bridgehead atoms. The maximum atomic E-state index is 11.9. The van der Waals surface area contributed by atoms with Crippen LogP contribution in [0.5, 0.6) is 0 Å². The molecule has 1 aromatic heterocycles. The van der Waals surface area contributed by atoms with Crippen molar-refractivity contribution in [3.05, 3.63) is 18.0 Å². The number of sulfonamides is 1. The van der Waals surface area contributed by atoms with Gasteiger partial charge in [0.2, 0.25) is 10.0 Å². The Morgan fingerprint density at radius 1 is 1.55 bits per heavy atom. The highest BCUT2D eigenvalue weighted by molar-refractivity contribution is 7.89. The number of nitrogens with two attached hydrogens (primary N) is 1. The van der Waals surface area contributed by atoms with Crippen LogP contribution in [-0.2, 0) is 26.6 Å². The predicted octanol–water partition coefficient (Wildman–Crippen LogP) is -1.50. The van der Waals surface area contributed by atoms with Crippen LogP contribution in [0.4, 0.5) is 0 Å². The van der Waals surface area contributed by atoms with Gasteiger partial charge >= 0.3 is 5.97 Å². The number of rotatable bonds is 6. The maximum Gasteiger partial charge on any atom is 0.328 e. The Labute approximate surface area is 115 Å². The average Bonchev–Trinajstić information content (AvgIpc) is 2.70. The number of primary sulfonamides is 1. The number of carboxylic acid groups (broad SMARTS) is 1. The molecule has 0 saturated carbocycles. The van der Waals surface area contributed by atoms with Crippen molar-refractivity contribution >= 4 is 21.9 Å². The molecule has 1 aromatic rings. The number of hydrogen-bond donors (Lipinski definition) is 3. The van der Waals surface area contributed by atoms with E-state index in [0.717, 1.165) is 12.3 Å². The Bertz CT molecular complexity index is 621. The fourth-order valence-corrected chi connectivity index (χ4v) is 2.07. The van der Waals surface area contributed by atoms with Gasteiger partial charge < -0.3 is 19.7 Å². The number of aromatic nitrogens is 1. The van der Waals surface area contributed by atoms with Crippen molar-refractivity contribution in [2.45, 2.75) is 10.9 Å². The molecule has 20 heavy (non-hydrogen) atoms. The zero-order valence-electron chi connectivity index (χ0n) is 10.9. The first-order chi connectivity index (χ1) is 9.16. The molecule has 10 heteroatoms. The monoisotopic (exact) mass is 305 g/mol. The number of aliphatic carboxylic acids is 1. The fraction of sp³-hybridized carbons (Fsp3) is 0.400. The second-order valence-electron chi connectivity index (χ2n) is 4.04. The average molecular weight is 305 g/mol. The number of methoxy groups -OCH3 is 1. The Morgan fingerprint density at radius 2 is 2.15 bits per heavy atom. The summed E-state index contributed by atoms with van der Waals surface area (Å²) in [4.78, 5) is 22.6. The van der Waals surface area contributed by atoms with Crippen LogP contribution in [0.25, 0.3) is 0 Å². The minimum Gasteiger partial charge on any atom is -0.480 e. The molecule has 1 heterocycles. The van der Waals surface area contributed by atoms with E-state index < -0.39 is 27.9 Å². The van der Waals surface area contributed by atoms with Gasteiger partial charge in [0.15, 0.2) is 6.04 Å². The van der Waals surface area contributed by atoms with E-state index in [4.69, 9.17) is 10.2 Å². The molecule has 4 N–H and O–H groups in total. The van der Waals surface area contributed by atoms with E-state index in [1.165, 1.54) is 18.7 Å². The van der Waals surface area contributed by atoms with Gasteiger partial charge in [0.25, 0.3) is 5.91 Å². The molecule has 0 fully saturated rings. The highest BCUT2D eigenvalue weighted by atomic mass is 32.2. The van der Waals surface area contributed by atoms with Gasteiger partial charge in [-0.15, -0.1) is 0 Å². The zero-order chi connectivity index (χ0) is 15.5. The molecule has 112 valence electrons. The van der Waals surface area contributed by atoms with Crippen molar-refractivity contribution in [3.63, 3.8) is 0 Å². The van der Waals surface area contributed by atoms with Gasteiger partial charge in [-0.1, -0.05) is 0 Å². The largest absolute Gasteiger partial charge is 0.480 e. The zero-order valence-corrected chi connectivity index (χ0v) is 11.7. The molecule has 1 rings (SSSR count). The molecule has 1 unspecified atom stereocenters. The quantitative estimate of drug-likeness (QED) is 0.584. The van der Waals surface area contributed by atoms with Crippen LogP contribution in [0.3, 0.4) is 0 Å². The highest BCUT2D eigenvalue weighted by Crippen LogP contribution is 2.11. The lowest BCUT2D eigenvalue weighted by Gasteiger charge is -2.13. The van der Waals surface area contributed by atoms with E-state index in [2.05, 4.69) is 10.1 Å². The van der Waals surface area contributed by atoms with Gasteiger partial charge in [-0.2, -0.15) is 0 Å². The Balaban J connectivity index is 2.98. The molecule has 1 atom stereocenters. The van der Waals surface area contributed by atoms with Crippen LogP contribution in [-0.4, -0.2) is 49.7 Å². The first-order valence-electron chi connectivity index (χ1n) is 5.38. The number of carbonyl (C=O) groups excluding carboxylic acids is 1. The summed E-state index contributed by atoms with van der Waals surface area (Å²) in [5.74, 6) is -2.01. The Morgan fingerprint density at radius 3 is 2.55 bits per heavy atom. The van der Waals surface area contributed by atoms with Crippen LogP contribution in [0.15, 0.2) is 17.2 Å². The first kappa shape index (κ1) is 16.1. The summed E-state index contributed by atoms with van der Waals surface area (Å²) in [5, 5.41) is 16.1. The Kier molecular flexibility index (Phi) is 4.87. The molecule has 9 nitrogen and oxygen atoms in total. The second-order valence-corrected chi connectivity index (χ2v) is 5.60. The molecule has 0 aromatic carbocycles.